The van der Waals surface area contributed by atoms with E-state index in [0.717, 1.165) is 17.1 Å². The summed E-state index contributed by atoms with van der Waals surface area (Å²) in [7, 11) is 0. The number of carbonyl (C=O) groups is 1. The molecule has 0 radical (unpaired) electrons. The first-order chi connectivity index (χ1) is 11.7. The van der Waals surface area contributed by atoms with E-state index in [9.17, 15) is 27.5 Å². The lowest BCUT2D eigenvalue weighted by Crippen LogP contribution is -2.43. The smallest absolute Gasteiger partial charge is 0.407 e. The maximum absolute atomic E-state index is 13.5. The Morgan fingerprint density at radius 2 is 2.12 bits per heavy atom. The van der Waals surface area contributed by atoms with Crippen molar-refractivity contribution in [1.82, 2.24) is 10.4 Å². The molecule has 25 heavy (non-hydrogen) atoms. The number of hydrazine groups is 1. The van der Waals surface area contributed by atoms with Gasteiger partial charge in [0.1, 0.15) is 18.5 Å². The van der Waals surface area contributed by atoms with Gasteiger partial charge in [-0.05, 0) is 24.3 Å². The van der Waals surface area contributed by atoms with Crippen LogP contribution in [0.1, 0.15) is 22.1 Å². The summed E-state index contributed by atoms with van der Waals surface area (Å²) in [5.41, 5.74) is 2.93. The minimum Gasteiger partial charge on any atom is -0.478 e. The molecule has 1 aromatic carbocycles. The van der Waals surface area contributed by atoms with Crippen LogP contribution >= 0.6 is 0 Å². The van der Waals surface area contributed by atoms with E-state index in [0.29, 0.717) is 0 Å². The molecule has 1 aliphatic heterocycles. The molecule has 0 amide bonds. The highest BCUT2D eigenvalue weighted by Gasteiger charge is 2.37. The van der Waals surface area contributed by atoms with Gasteiger partial charge in [-0.2, -0.15) is 13.2 Å². The van der Waals surface area contributed by atoms with Crippen molar-refractivity contribution in [3.63, 3.8) is 0 Å². The van der Waals surface area contributed by atoms with Crippen LogP contribution in [0.2, 0.25) is 0 Å². The summed E-state index contributed by atoms with van der Waals surface area (Å²) in [6, 6.07) is 4.62. The van der Waals surface area contributed by atoms with E-state index >= 15 is 0 Å². The molecule has 0 aliphatic carbocycles. The van der Waals surface area contributed by atoms with Gasteiger partial charge in [0.05, 0.1) is 23.1 Å². The van der Waals surface area contributed by atoms with Crippen LogP contribution in [0.3, 0.4) is 0 Å². The summed E-state index contributed by atoms with van der Waals surface area (Å²) in [5, 5.41) is 12.8. The molecule has 0 bridgehead atoms. The van der Waals surface area contributed by atoms with E-state index in [1.807, 2.05) is 0 Å². The number of carboxylic acid groups (broad SMARTS) is 1. The number of nitrogens with one attached hydrogen (secondary N) is 2. The second-order valence-corrected chi connectivity index (χ2v) is 5.34. The lowest BCUT2D eigenvalue weighted by molar-refractivity contribution is -0.120. The number of aromatic nitrogens is 1. The topological polar surface area (TPSA) is 77.5 Å². The third kappa shape index (κ3) is 3.63. The highest BCUT2D eigenvalue weighted by Crippen LogP contribution is 2.36. The molecule has 0 saturated heterocycles. The second-order valence-electron chi connectivity index (χ2n) is 5.34. The van der Waals surface area contributed by atoms with Gasteiger partial charge in [-0.25, -0.2) is 14.6 Å². The van der Waals surface area contributed by atoms with Crippen molar-refractivity contribution in [1.29, 1.82) is 0 Å². The molecule has 1 aliphatic rings. The van der Waals surface area contributed by atoms with Crippen molar-refractivity contribution in [3.8, 4) is 0 Å². The van der Waals surface area contributed by atoms with E-state index in [1.165, 1.54) is 24.5 Å². The number of hydrogen-bond donors (Lipinski definition) is 3. The van der Waals surface area contributed by atoms with Crippen LogP contribution in [0.25, 0.3) is 0 Å². The number of aromatic carboxylic acids is 1. The molecule has 3 N–H and O–H groups in total. The van der Waals surface area contributed by atoms with Gasteiger partial charge in [-0.15, -0.1) is 0 Å². The summed E-state index contributed by atoms with van der Waals surface area (Å²) in [6.45, 7) is -1.29. The van der Waals surface area contributed by atoms with Crippen molar-refractivity contribution < 1.29 is 27.5 Å². The van der Waals surface area contributed by atoms with Gasteiger partial charge in [0.25, 0.3) is 0 Å². The molecular weight excluding hydrogens is 344 g/mol. The predicted molar refractivity (Wildman–Crippen MR) is 80.5 cm³/mol. The molecule has 1 atom stereocenters. The Morgan fingerprint density at radius 1 is 1.36 bits per heavy atom. The number of alkyl halides is 3. The van der Waals surface area contributed by atoms with Crippen LogP contribution in [0.4, 0.5) is 28.9 Å². The molecule has 1 aromatic heterocycles. The highest BCUT2D eigenvalue weighted by atomic mass is 19.4. The molecule has 6 nitrogen and oxygen atoms in total. The lowest BCUT2D eigenvalue weighted by Gasteiger charge is -2.23. The van der Waals surface area contributed by atoms with Crippen LogP contribution < -0.4 is 15.8 Å². The summed E-state index contributed by atoms with van der Waals surface area (Å²) >= 11 is 0. The minimum atomic E-state index is -4.48. The zero-order chi connectivity index (χ0) is 18.2. The van der Waals surface area contributed by atoms with Gasteiger partial charge in [-0.1, -0.05) is 0 Å². The van der Waals surface area contributed by atoms with E-state index < -0.39 is 30.7 Å². The summed E-state index contributed by atoms with van der Waals surface area (Å²) in [5.74, 6) is -1.85. The van der Waals surface area contributed by atoms with Crippen molar-refractivity contribution in [2.24, 2.45) is 0 Å². The molecule has 2 heterocycles. The lowest BCUT2D eigenvalue weighted by atomic mass is 10.1. The van der Waals surface area contributed by atoms with Crippen LogP contribution in [-0.4, -0.2) is 28.8 Å². The Kier molecular flexibility index (Phi) is 4.21. The number of hydrogen-bond acceptors (Lipinski definition) is 5. The standard InChI is InChI=1S/C15H12F4N4O2/c16-8-1-2-12-10(5-8)13(22-23(12)7-15(17,18)19)21-11-6-20-4-3-9(11)14(24)25/h1-6,13,21-22H,7H2,(H,24,25). The van der Waals surface area contributed by atoms with Crippen molar-refractivity contribution >= 4 is 17.3 Å². The molecule has 0 saturated carbocycles. The van der Waals surface area contributed by atoms with Crippen molar-refractivity contribution in [2.45, 2.75) is 12.3 Å². The van der Waals surface area contributed by atoms with Crippen LogP contribution in [-0.2, 0) is 0 Å². The molecule has 0 fully saturated rings. The summed E-state index contributed by atoms with van der Waals surface area (Å²) in [6.07, 6.45) is -2.92. The van der Waals surface area contributed by atoms with Gasteiger partial charge in [-0.3, -0.25) is 9.99 Å². The number of nitrogens with zero attached hydrogens (tertiary/aromatic N) is 2. The first-order valence-electron chi connectivity index (χ1n) is 7.08. The SMILES string of the molecule is O=C(O)c1ccncc1NC1NN(CC(F)(F)F)c2ccc(F)cc21. The fourth-order valence-electron chi connectivity index (χ4n) is 2.57. The van der Waals surface area contributed by atoms with Crippen molar-refractivity contribution in [3.05, 3.63) is 53.6 Å². The third-order valence-corrected chi connectivity index (χ3v) is 3.57. The fraction of sp³-hybridized carbons (Fsp3) is 0.200. The number of fused-ring (bicyclic) bond motifs is 1. The molecule has 132 valence electrons. The van der Waals surface area contributed by atoms with E-state index in [1.54, 1.807) is 0 Å². The first-order valence-corrected chi connectivity index (χ1v) is 7.08. The number of halogens is 4. The maximum atomic E-state index is 13.5. The predicted octanol–water partition coefficient (Wildman–Crippen LogP) is 2.92. The van der Waals surface area contributed by atoms with Gasteiger partial charge < -0.3 is 10.4 Å². The maximum Gasteiger partial charge on any atom is 0.407 e. The quantitative estimate of drug-likeness (QED) is 0.732. The monoisotopic (exact) mass is 356 g/mol. The average molecular weight is 356 g/mol. The van der Waals surface area contributed by atoms with Crippen LogP contribution in [0.15, 0.2) is 36.7 Å². The third-order valence-electron chi connectivity index (χ3n) is 3.57. The molecule has 1 unspecified atom stereocenters. The zero-order valence-electron chi connectivity index (χ0n) is 12.5. The molecular formula is C15H12F4N4O2. The van der Waals surface area contributed by atoms with Crippen molar-refractivity contribution in [2.75, 3.05) is 16.9 Å². The van der Waals surface area contributed by atoms with Crippen LogP contribution in [0.5, 0.6) is 0 Å². The average Bonchev–Trinajstić information content (AvgIpc) is 2.82. The van der Waals surface area contributed by atoms with Gasteiger partial charge in [0, 0.05) is 11.8 Å². The normalized spacial score (nSPS) is 16.6. The highest BCUT2D eigenvalue weighted by molar-refractivity contribution is 5.94. The summed E-state index contributed by atoms with van der Waals surface area (Å²) in [4.78, 5) is 15.0. The molecule has 0 spiro atoms. The first kappa shape index (κ1) is 17.0. The molecule has 3 rings (SSSR count). The number of pyridine rings is 1. The van der Waals surface area contributed by atoms with E-state index in [4.69, 9.17) is 0 Å². The second kappa shape index (κ2) is 6.20. The fourth-order valence-corrected chi connectivity index (χ4v) is 2.57. The van der Waals surface area contributed by atoms with Gasteiger partial charge in [0.2, 0.25) is 0 Å². The number of anilines is 2. The largest absolute Gasteiger partial charge is 0.478 e. The van der Waals surface area contributed by atoms with Gasteiger partial charge >= 0.3 is 12.1 Å². The Labute approximate surface area is 139 Å². The Balaban J connectivity index is 1.93. The Bertz CT molecular complexity index is 812. The van der Waals surface area contributed by atoms with E-state index in [-0.39, 0.29) is 22.5 Å². The molecule has 2 aromatic rings. The Morgan fingerprint density at radius 3 is 2.80 bits per heavy atom. The number of carboxylic acids is 1. The van der Waals surface area contributed by atoms with Gasteiger partial charge in [0.15, 0.2) is 0 Å². The van der Waals surface area contributed by atoms with E-state index in [2.05, 4.69) is 15.7 Å². The minimum absolute atomic E-state index is 0.0940. The van der Waals surface area contributed by atoms with Crippen LogP contribution in [0, 0.1) is 5.82 Å². The summed E-state index contributed by atoms with van der Waals surface area (Å²) < 4.78 is 51.8. The number of benzene rings is 1. The Hall–Kier alpha value is -2.88. The molecule has 10 heteroatoms. The zero-order valence-corrected chi connectivity index (χ0v) is 12.5. The number of rotatable bonds is 4.